The number of hydrogen-bond acceptors (Lipinski definition) is 4. The smallest absolute Gasteiger partial charge is 0.169 e. The molecule has 5 unspecified atom stereocenters. The number of ketones is 2. The van der Waals surface area contributed by atoms with Crippen molar-refractivity contribution >= 4 is 24.0 Å². The van der Waals surface area contributed by atoms with Crippen molar-refractivity contribution in [2.75, 3.05) is 20.2 Å². The fraction of sp³-hybridized carbons (Fsp3) is 0.302. The quantitative estimate of drug-likeness (QED) is 0.189. The fourth-order valence-electron chi connectivity index (χ4n) is 8.66. The predicted molar refractivity (Wildman–Crippen MR) is 200 cm³/mol. The highest BCUT2D eigenvalue weighted by Crippen LogP contribution is 2.44. The largest absolute Gasteiger partial charge is 0.400 e. The van der Waals surface area contributed by atoms with E-state index in [1.54, 1.807) is 0 Å². The van der Waals surface area contributed by atoms with Crippen molar-refractivity contribution in [3.8, 4) is 0 Å². The van der Waals surface area contributed by atoms with E-state index < -0.39 is 0 Å². The number of benzene rings is 4. The van der Waals surface area contributed by atoms with Gasteiger partial charge >= 0.3 is 0 Å². The first-order chi connectivity index (χ1) is 23.6. The molecule has 49 heavy (non-hydrogen) atoms. The van der Waals surface area contributed by atoms with Crippen LogP contribution >= 0.6 is 12.4 Å². The lowest BCUT2D eigenvalue weighted by Gasteiger charge is -2.34. The van der Waals surface area contributed by atoms with Crippen LogP contribution in [0.15, 0.2) is 122 Å². The van der Waals surface area contributed by atoms with Crippen molar-refractivity contribution in [1.29, 1.82) is 0 Å². The van der Waals surface area contributed by atoms with Crippen LogP contribution in [0.3, 0.4) is 0 Å². The van der Waals surface area contributed by atoms with Gasteiger partial charge in [-0.05, 0) is 47.6 Å². The van der Waals surface area contributed by atoms with Gasteiger partial charge in [0.05, 0.1) is 13.0 Å². The molecule has 5 nitrogen and oxygen atoms in total. The number of halogens is 1. The highest BCUT2D eigenvalue weighted by atomic mass is 35.5. The number of rotatable bonds is 8. The van der Waals surface area contributed by atoms with Crippen LogP contribution in [0, 0.1) is 0 Å². The first-order valence-electron chi connectivity index (χ1n) is 17.3. The molecule has 0 fully saturated rings. The maximum absolute atomic E-state index is 12.4. The molecule has 6 heteroatoms. The van der Waals surface area contributed by atoms with Gasteiger partial charge in [-0.1, -0.05) is 110 Å². The van der Waals surface area contributed by atoms with Crippen molar-refractivity contribution in [1.82, 2.24) is 4.90 Å². The number of aliphatic hydroxyl groups excluding tert-OH is 1. The Morgan fingerprint density at radius 2 is 1.18 bits per heavy atom. The van der Waals surface area contributed by atoms with Gasteiger partial charge in [-0.15, -0.1) is 19.0 Å². The number of carbonyl (C=O) groups is 2. The highest BCUT2D eigenvalue weighted by Gasteiger charge is 2.42. The molecule has 0 spiro atoms. The minimum absolute atomic E-state index is 0. The van der Waals surface area contributed by atoms with Gasteiger partial charge in [-0.2, -0.15) is 0 Å². The molecule has 0 aromatic heterocycles. The van der Waals surface area contributed by atoms with Gasteiger partial charge in [0.1, 0.15) is 12.1 Å². The number of carbonyl (C=O) groups excluding carboxylic acids is 2. The van der Waals surface area contributed by atoms with Crippen LogP contribution in [0.4, 0.5) is 0 Å². The Labute approximate surface area is 297 Å². The van der Waals surface area contributed by atoms with Crippen LogP contribution in [0.25, 0.3) is 0 Å². The second-order valence-corrected chi connectivity index (χ2v) is 13.1. The third-order valence-electron chi connectivity index (χ3n) is 10.7. The Bertz CT molecular complexity index is 1670. The summed E-state index contributed by atoms with van der Waals surface area (Å²) in [4.78, 5) is 28.7. The highest BCUT2D eigenvalue weighted by molar-refractivity contribution is 6.01. The van der Waals surface area contributed by atoms with Crippen molar-refractivity contribution in [3.05, 3.63) is 167 Å². The molecule has 0 radical (unpaired) electrons. The Hall–Kier alpha value is -4.13. The van der Waals surface area contributed by atoms with Crippen LogP contribution in [-0.2, 0) is 12.8 Å². The maximum Gasteiger partial charge on any atom is 0.169 e. The Balaban J connectivity index is 0.000000179. The van der Waals surface area contributed by atoms with E-state index >= 15 is 0 Å². The predicted octanol–water partition coefficient (Wildman–Crippen LogP) is 7.59. The number of nitrogens with one attached hydrogen (secondary N) is 1. The monoisotopic (exact) mass is 675 g/mol. The molecular formula is C43H48ClN2O3+. The summed E-state index contributed by atoms with van der Waals surface area (Å²) < 4.78 is 0. The average Bonchev–Trinajstić information content (AvgIpc) is 3.92. The molecule has 4 aromatic carbocycles. The van der Waals surface area contributed by atoms with E-state index in [1.807, 2.05) is 42.5 Å². The molecule has 4 aliphatic rings. The van der Waals surface area contributed by atoms with Crippen LogP contribution in [-0.4, -0.2) is 41.8 Å². The Kier molecular flexibility index (Phi) is 12.2. The number of Topliss-reactive ketones (excluding diaryl/α,β-unsaturated/α-hetero) is 2. The zero-order valence-electron chi connectivity index (χ0n) is 28.4. The second kappa shape index (κ2) is 16.5. The van der Waals surface area contributed by atoms with Gasteiger partial charge in [0.15, 0.2) is 11.6 Å². The third-order valence-corrected chi connectivity index (χ3v) is 10.7. The second-order valence-electron chi connectivity index (χ2n) is 13.1. The summed E-state index contributed by atoms with van der Waals surface area (Å²) in [6.45, 7) is 9.62. The molecule has 4 aliphatic carbocycles. The number of nitrogens with zero attached hydrogens (tertiary/aromatic N) is 1. The van der Waals surface area contributed by atoms with Crippen LogP contribution < -0.4 is 4.90 Å². The molecule has 254 valence electrons. The summed E-state index contributed by atoms with van der Waals surface area (Å²) in [7, 11) is 1.00. The Morgan fingerprint density at radius 1 is 0.653 bits per heavy atom. The summed E-state index contributed by atoms with van der Waals surface area (Å²) >= 11 is 0. The molecule has 0 saturated heterocycles. The lowest BCUT2D eigenvalue weighted by molar-refractivity contribution is -0.955. The number of quaternary nitrogens is 1. The van der Waals surface area contributed by atoms with E-state index in [-0.39, 0.29) is 30.3 Å². The first-order valence-corrected chi connectivity index (χ1v) is 17.3. The summed E-state index contributed by atoms with van der Waals surface area (Å²) in [5.41, 5.74) is 10.0. The zero-order chi connectivity index (χ0) is 33.6. The molecular weight excluding hydrogens is 628 g/mol. The number of aryl methyl sites for hydroxylation is 2. The van der Waals surface area contributed by atoms with E-state index in [2.05, 4.69) is 84.8 Å². The number of fused-ring (bicyclic) bond motifs is 4. The third kappa shape index (κ3) is 7.13. The zero-order valence-corrected chi connectivity index (χ0v) is 29.2. The van der Waals surface area contributed by atoms with E-state index in [0.717, 1.165) is 57.0 Å². The fourth-order valence-corrected chi connectivity index (χ4v) is 8.66. The maximum atomic E-state index is 12.4. The van der Waals surface area contributed by atoms with Crippen LogP contribution in [0.5, 0.6) is 0 Å². The lowest BCUT2D eigenvalue weighted by Crippen LogP contribution is -3.12. The number of hydrogen-bond donors (Lipinski definition) is 2. The van der Waals surface area contributed by atoms with E-state index in [4.69, 9.17) is 5.11 Å². The van der Waals surface area contributed by atoms with Crippen molar-refractivity contribution in [3.63, 3.8) is 0 Å². The molecule has 0 amide bonds. The summed E-state index contributed by atoms with van der Waals surface area (Å²) in [5, 5.41) is 7.00. The summed E-state index contributed by atoms with van der Waals surface area (Å²) in [6.07, 6.45) is 9.73. The minimum atomic E-state index is 0. The van der Waals surface area contributed by atoms with Gasteiger partial charge in [-0.3, -0.25) is 14.5 Å². The molecule has 0 heterocycles. The number of aliphatic hydroxyl groups is 1. The van der Waals surface area contributed by atoms with E-state index in [1.165, 1.54) is 38.3 Å². The summed E-state index contributed by atoms with van der Waals surface area (Å²) in [5.74, 6) is 0.560. The van der Waals surface area contributed by atoms with Gasteiger partial charge in [-0.25, -0.2) is 0 Å². The van der Waals surface area contributed by atoms with Crippen LogP contribution in [0.1, 0.15) is 104 Å². The molecule has 0 aliphatic heterocycles. The standard InChI is InChI=1S/2C21H21NO.CH4O.ClH/c2*1-2-13-22(19-12-11-15-7-3-4-8-16(15)19)20-14-21(23)18-10-6-5-9-17(18)20;1-2;/h2*2-10,19-20H,1,11-14H2;2H,1H3;1H/p+1. The van der Waals surface area contributed by atoms with Crippen LogP contribution in [0.2, 0.25) is 0 Å². The van der Waals surface area contributed by atoms with Crippen molar-refractivity contribution in [2.24, 2.45) is 0 Å². The van der Waals surface area contributed by atoms with Gasteiger partial charge < -0.3 is 10.0 Å². The molecule has 0 saturated carbocycles. The molecule has 0 bridgehead atoms. The topological polar surface area (TPSA) is 62.1 Å². The molecule has 2 N–H and O–H groups in total. The van der Waals surface area contributed by atoms with E-state index in [9.17, 15) is 9.59 Å². The van der Waals surface area contributed by atoms with Gasteiger partial charge in [0, 0.05) is 60.8 Å². The van der Waals surface area contributed by atoms with E-state index in [0.29, 0.717) is 30.7 Å². The SMILES string of the molecule is C=CCN(C1CCc2ccccc21)C1CC(=O)c2ccccc21.C=CC[NH+](C1CCc2ccccc21)C1CC(=O)c2ccccc21.CO.Cl. The molecule has 8 rings (SSSR count). The average molecular weight is 676 g/mol. The van der Waals surface area contributed by atoms with Gasteiger partial charge in [0.25, 0.3) is 0 Å². The lowest BCUT2D eigenvalue weighted by atomic mass is 10.0. The first kappa shape index (κ1) is 36.2. The Morgan fingerprint density at radius 3 is 1.86 bits per heavy atom. The normalized spacial score (nSPS) is 21.5. The minimum Gasteiger partial charge on any atom is -0.400 e. The molecule has 4 aromatic rings. The summed E-state index contributed by atoms with van der Waals surface area (Å²) in [6, 6.07) is 35.0. The molecule has 5 atom stereocenters. The van der Waals surface area contributed by atoms with Crippen molar-refractivity contribution in [2.45, 2.75) is 62.7 Å². The van der Waals surface area contributed by atoms with Crippen molar-refractivity contribution < 1.29 is 19.6 Å². The van der Waals surface area contributed by atoms with Gasteiger partial charge in [0.2, 0.25) is 0 Å².